The number of carbonyl (C=O) groups is 2. The summed E-state index contributed by atoms with van der Waals surface area (Å²) >= 11 is 0. The van der Waals surface area contributed by atoms with Gasteiger partial charge in [0.15, 0.2) is 5.69 Å². The van der Waals surface area contributed by atoms with Crippen molar-refractivity contribution in [1.29, 1.82) is 0 Å². The minimum absolute atomic E-state index is 0.157. The third-order valence-corrected chi connectivity index (χ3v) is 4.72. The molecular formula is C21H20N6O3. The highest BCUT2D eigenvalue weighted by atomic mass is 16.2. The summed E-state index contributed by atoms with van der Waals surface area (Å²) < 4.78 is 0. The molecule has 0 bridgehead atoms. The third kappa shape index (κ3) is 3.60. The van der Waals surface area contributed by atoms with Crippen LogP contribution in [0.1, 0.15) is 17.3 Å². The van der Waals surface area contributed by atoms with Gasteiger partial charge in [-0.2, -0.15) is 0 Å². The van der Waals surface area contributed by atoms with Crippen LogP contribution in [0.15, 0.2) is 47.3 Å². The molecule has 0 aliphatic carbocycles. The number of fused-ring (bicyclic) bond motifs is 2. The number of hydrogen-bond donors (Lipinski definition) is 5. The zero-order chi connectivity index (χ0) is 21.3. The monoisotopic (exact) mass is 404 g/mol. The van der Waals surface area contributed by atoms with Gasteiger partial charge < -0.3 is 26.3 Å². The molecule has 0 fully saturated rings. The maximum absolute atomic E-state index is 12.5. The van der Waals surface area contributed by atoms with Gasteiger partial charge in [0.25, 0.3) is 11.5 Å². The second kappa shape index (κ2) is 7.70. The van der Waals surface area contributed by atoms with Crippen molar-refractivity contribution in [3.05, 3.63) is 58.4 Å². The first-order valence-corrected chi connectivity index (χ1v) is 9.37. The van der Waals surface area contributed by atoms with Gasteiger partial charge in [0.1, 0.15) is 0 Å². The molecule has 0 spiro atoms. The Morgan fingerprint density at radius 1 is 1.03 bits per heavy atom. The third-order valence-electron chi connectivity index (χ3n) is 4.72. The average molecular weight is 404 g/mol. The van der Waals surface area contributed by atoms with E-state index in [0.29, 0.717) is 52.0 Å². The van der Waals surface area contributed by atoms with E-state index in [-0.39, 0.29) is 23.1 Å². The molecule has 2 amide bonds. The first-order chi connectivity index (χ1) is 14.4. The van der Waals surface area contributed by atoms with E-state index in [2.05, 4.69) is 25.6 Å². The summed E-state index contributed by atoms with van der Waals surface area (Å²) in [6.07, 6.45) is 0. The minimum Gasteiger partial charge on any atom is -0.396 e. The van der Waals surface area contributed by atoms with E-state index in [1.807, 2.05) is 12.1 Å². The van der Waals surface area contributed by atoms with Crippen molar-refractivity contribution in [2.75, 3.05) is 18.8 Å². The fourth-order valence-electron chi connectivity index (χ4n) is 3.26. The molecule has 152 valence electrons. The first-order valence-electron chi connectivity index (χ1n) is 9.37. The van der Waals surface area contributed by atoms with Gasteiger partial charge in [-0.15, -0.1) is 0 Å². The molecule has 0 radical (unpaired) electrons. The number of rotatable bonds is 5. The molecule has 0 unspecified atom stereocenters. The summed E-state index contributed by atoms with van der Waals surface area (Å²) in [7, 11) is 0. The molecule has 0 saturated heterocycles. The Balaban J connectivity index is 1.67. The Bertz CT molecular complexity index is 1340. The van der Waals surface area contributed by atoms with Crippen LogP contribution >= 0.6 is 0 Å². The number of hydrogen-bond acceptors (Lipinski definition) is 5. The molecule has 2 aromatic carbocycles. The van der Waals surface area contributed by atoms with Crippen LogP contribution in [0.4, 0.5) is 5.69 Å². The summed E-state index contributed by atoms with van der Waals surface area (Å²) in [6.45, 7) is 2.06. The van der Waals surface area contributed by atoms with Crippen LogP contribution in [0.25, 0.3) is 33.3 Å². The number of nitrogen functional groups attached to an aromatic ring is 1. The SMILES string of the molecule is CC(=O)NCCNC(=O)c1ccc2[nH]c(-c3nc4ccccc4[nH]c3=O)c(N)c2c1. The van der Waals surface area contributed by atoms with Crippen LogP contribution < -0.4 is 21.9 Å². The molecule has 9 heteroatoms. The average Bonchev–Trinajstić information content (AvgIpc) is 3.06. The standard InChI is InChI=1S/C21H20N6O3/c1-11(28)23-8-9-24-20(29)12-6-7-14-13(10-12)17(22)18(25-14)19-21(30)27-16-5-3-2-4-15(16)26-19/h2-7,10,25H,8-9,22H2,1H3,(H,23,28)(H,24,29)(H,27,30). The van der Waals surface area contributed by atoms with Gasteiger partial charge in [0.05, 0.1) is 22.4 Å². The highest BCUT2D eigenvalue weighted by Crippen LogP contribution is 2.31. The summed E-state index contributed by atoms with van der Waals surface area (Å²) in [6, 6.07) is 12.3. The number of amides is 2. The first kappa shape index (κ1) is 19.2. The zero-order valence-corrected chi connectivity index (χ0v) is 16.2. The van der Waals surface area contributed by atoms with Crippen molar-refractivity contribution in [3.8, 4) is 11.4 Å². The van der Waals surface area contributed by atoms with Crippen molar-refractivity contribution in [2.45, 2.75) is 6.92 Å². The maximum Gasteiger partial charge on any atom is 0.276 e. The fourth-order valence-corrected chi connectivity index (χ4v) is 3.26. The van der Waals surface area contributed by atoms with Crippen LogP contribution in [0.2, 0.25) is 0 Å². The van der Waals surface area contributed by atoms with Crippen molar-refractivity contribution in [3.63, 3.8) is 0 Å². The molecule has 6 N–H and O–H groups in total. The molecule has 2 aromatic heterocycles. The molecule has 0 saturated carbocycles. The molecule has 2 heterocycles. The lowest BCUT2D eigenvalue weighted by Crippen LogP contribution is -2.33. The highest BCUT2D eigenvalue weighted by Gasteiger charge is 2.17. The van der Waals surface area contributed by atoms with Gasteiger partial charge in [-0.05, 0) is 30.3 Å². The number of aromatic nitrogens is 3. The minimum atomic E-state index is -0.358. The number of para-hydroxylation sites is 2. The van der Waals surface area contributed by atoms with Crippen molar-refractivity contribution < 1.29 is 9.59 Å². The van der Waals surface area contributed by atoms with E-state index in [1.165, 1.54) is 6.92 Å². The van der Waals surface area contributed by atoms with Crippen LogP contribution in [-0.2, 0) is 4.79 Å². The fraction of sp³-hybridized carbons (Fsp3) is 0.143. The Kier molecular flexibility index (Phi) is 4.93. The van der Waals surface area contributed by atoms with Crippen LogP contribution in [0, 0.1) is 0 Å². The predicted molar refractivity (Wildman–Crippen MR) is 115 cm³/mol. The zero-order valence-electron chi connectivity index (χ0n) is 16.2. The Morgan fingerprint density at radius 3 is 2.60 bits per heavy atom. The Morgan fingerprint density at radius 2 is 1.80 bits per heavy atom. The molecule has 30 heavy (non-hydrogen) atoms. The topological polar surface area (TPSA) is 146 Å². The lowest BCUT2D eigenvalue weighted by atomic mass is 10.1. The number of nitrogens with one attached hydrogen (secondary N) is 4. The Labute approximate surface area is 170 Å². The van der Waals surface area contributed by atoms with Gasteiger partial charge in [0.2, 0.25) is 5.91 Å². The van der Waals surface area contributed by atoms with Crippen LogP contribution in [0.3, 0.4) is 0 Å². The lowest BCUT2D eigenvalue weighted by molar-refractivity contribution is -0.118. The summed E-state index contributed by atoms with van der Waals surface area (Å²) in [5.41, 5.74) is 9.26. The summed E-state index contributed by atoms with van der Waals surface area (Å²) in [5, 5.41) is 5.97. The van der Waals surface area contributed by atoms with Crippen LogP contribution in [0.5, 0.6) is 0 Å². The molecular weight excluding hydrogens is 384 g/mol. The van der Waals surface area contributed by atoms with E-state index in [0.717, 1.165) is 0 Å². The summed E-state index contributed by atoms with van der Waals surface area (Å²) in [5.74, 6) is -0.443. The number of carbonyl (C=O) groups excluding carboxylic acids is 2. The molecule has 4 rings (SSSR count). The molecule has 0 aliphatic rings. The van der Waals surface area contributed by atoms with E-state index >= 15 is 0 Å². The molecule has 0 atom stereocenters. The van der Waals surface area contributed by atoms with Crippen molar-refractivity contribution >= 4 is 39.4 Å². The van der Waals surface area contributed by atoms with E-state index in [1.54, 1.807) is 30.3 Å². The van der Waals surface area contributed by atoms with Crippen molar-refractivity contribution in [1.82, 2.24) is 25.6 Å². The second-order valence-electron chi connectivity index (χ2n) is 6.84. The highest BCUT2D eigenvalue weighted by molar-refractivity contribution is 6.04. The second-order valence-corrected chi connectivity index (χ2v) is 6.84. The van der Waals surface area contributed by atoms with E-state index in [4.69, 9.17) is 5.73 Å². The number of benzene rings is 2. The van der Waals surface area contributed by atoms with Gasteiger partial charge >= 0.3 is 0 Å². The van der Waals surface area contributed by atoms with Crippen LogP contribution in [-0.4, -0.2) is 39.9 Å². The van der Waals surface area contributed by atoms with Crippen molar-refractivity contribution in [2.24, 2.45) is 0 Å². The van der Waals surface area contributed by atoms with Gasteiger partial charge in [-0.1, -0.05) is 12.1 Å². The molecule has 9 nitrogen and oxygen atoms in total. The molecule has 0 aliphatic heterocycles. The van der Waals surface area contributed by atoms with E-state index in [9.17, 15) is 14.4 Å². The van der Waals surface area contributed by atoms with Gasteiger partial charge in [-0.3, -0.25) is 14.4 Å². The maximum atomic E-state index is 12.5. The normalized spacial score (nSPS) is 11.0. The number of nitrogens with two attached hydrogens (primary N) is 1. The number of aromatic amines is 2. The predicted octanol–water partition coefficient (Wildman–Crippen LogP) is 1.52. The largest absolute Gasteiger partial charge is 0.396 e. The number of nitrogens with zero attached hydrogens (tertiary/aromatic N) is 1. The quantitative estimate of drug-likeness (QED) is 0.320. The number of anilines is 1. The lowest BCUT2D eigenvalue weighted by Gasteiger charge is -2.06. The van der Waals surface area contributed by atoms with Gasteiger partial charge in [-0.25, -0.2) is 4.98 Å². The van der Waals surface area contributed by atoms with E-state index < -0.39 is 0 Å². The Hall–Kier alpha value is -4.14. The smallest absolute Gasteiger partial charge is 0.276 e. The summed E-state index contributed by atoms with van der Waals surface area (Å²) in [4.78, 5) is 46.2. The number of H-pyrrole nitrogens is 2. The van der Waals surface area contributed by atoms with Gasteiger partial charge in [0, 0.05) is 36.5 Å². The molecule has 4 aromatic rings.